The van der Waals surface area contributed by atoms with Crippen molar-refractivity contribution < 1.29 is 17.4 Å². The van der Waals surface area contributed by atoms with Crippen LogP contribution >= 0.6 is 0 Å². The van der Waals surface area contributed by atoms with Crippen LogP contribution in [0.2, 0.25) is 0 Å². The van der Waals surface area contributed by atoms with E-state index in [1.165, 1.54) is 6.07 Å². The van der Waals surface area contributed by atoms with E-state index in [1.807, 2.05) is 93.6 Å². The van der Waals surface area contributed by atoms with Gasteiger partial charge in [0.15, 0.2) is 0 Å². The number of phenols is 1. The van der Waals surface area contributed by atoms with Gasteiger partial charge in [-0.1, -0.05) is 177 Å². The molecule has 0 amide bonds. The molecule has 2 heterocycles. The summed E-state index contributed by atoms with van der Waals surface area (Å²) in [5.41, 5.74) is 6.77. The van der Waals surface area contributed by atoms with E-state index < -0.39 is 42.4 Å². The molecule has 0 radical (unpaired) electrons. The van der Waals surface area contributed by atoms with E-state index in [-0.39, 0.29) is 17.3 Å². The highest BCUT2D eigenvalue weighted by Gasteiger charge is 2.30. The predicted octanol–water partition coefficient (Wildman–Crippen LogP) is 16.3. The van der Waals surface area contributed by atoms with Crippen molar-refractivity contribution in [3.63, 3.8) is 0 Å². The maximum Gasteiger partial charge on any atom is 0.149 e. The number of aryl methyl sites for hydroxylation is 1. The predicted molar refractivity (Wildman–Crippen MR) is 274 cm³/mol. The molecule has 9 rings (SSSR count). The van der Waals surface area contributed by atoms with Gasteiger partial charge in [0.1, 0.15) is 11.6 Å². The van der Waals surface area contributed by atoms with Crippen LogP contribution in [0.3, 0.4) is 0 Å². The molecule has 4 nitrogen and oxygen atoms in total. The molecule has 0 aliphatic rings. The third-order valence-electron chi connectivity index (χ3n) is 12.2. The van der Waals surface area contributed by atoms with E-state index in [0.717, 1.165) is 50.2 Å². The van der Waals surface area contributed by atoms with Crippen LogP contribution in [0.15, 0.2) is 170 Å². The zero-order valence-corrected chi connectivity index (χ0v) is 38.0. The lowest BCUT2D eigenvalue weighted by Crippen LogP contribution is -2.18. The summed E-state index contributed by atoms with van der Waals surface area (Å²) in [6.45, 7) is 3.43. The zero-order chi connectivity index (χ0) is 53.3. The van der Waals surface area contributed by atoms with Crippen molar-refractivity contribution >= 4 is 11.0 Å². The number of aromatic nitrogens is 3. The van der Waals surface area contributed by atoms with Gasteiger partial charge in [-0.25, -0.2) is 4.98 Å². The first-order chi connectivity index (χ1) is 34.7. The molecule has 2 aromatic heterocycles. The van der Waals surface area contributed by atoms with Crippen LogP contribution in [-0.4, -0.2) is 19.6 Å². The number of aromatic hydroxyl groups is 1. The molecule has 0 saturated heterocycles. The molecule has 0 spiro atoms. The van der Waals surface area contributed by atoms with Crippen molar-refractivity contribution in [3.8, 4) is 78.6 Å². The molecule has 0 aliphatic heterocycles. The minimum Gasteiger partial charge on any atom is -0.507 e. The van der Waals surface area contributed by atoms with Gasteiger partial charge in [-0.3, -0.25) is 9.55 Å². The van der Waals surface area contributed by atoms with Crippen molar-refractivity contribution in [3.05, 3.63) is 192 Å². The van der Waals surface area contributed by atoms with Gasteiger partial charge in [0.05, 0.1) is 28.0 Å². The van der Waals surface area contributed by atoms with Crippen LogP contribution in [0.1, 0.15) is 96.7 Å². The first kappa shape index (κ1) is 33.5. The van der Waals surface area contributed by atoms with E-state index in [2.05, 4.69) is 70.2 Å². The second kappa shape index (κ2) is 16.5. The number of pyridine rings is 1. The van der Waals surface area contributed by atoms with Gasteiger partial charge >= 0.3 is 0 Å². The Hall–Kier alpha value is -7.04. The van der Waals surface area contributed by atoms with E-state index in [4.69, 9.17) is 22.3 Å². The van der Waals surface area contributed by atoms with Crippen LogP contribution in [0.25, 0.3) is 83.9 Å². The summed E-state index contributed by atoms with van der Waals surface area (Å²) in [6, 6.07) is 51.8. The SMILES string of the molecule is [2H]C([2H])([2H])C(c1cc(-c2ccccc2)ccc1-n1c(-c2cc(C(C)(C)C)cc(C(C)(C)C)c2O)nc2c(-c3cc(-c4ccccc4)cc(-c4cc(-c5cccc(C)c5)ccn4)c3)cccc21)(C([2H])([2H])[2H])C([2H])([2H])[2H]. The Labute approximate surface area is 398 Å². The molecular weight excluding hydrogens is 791 g/mol. The van der Waals surface area contributed by atoms with E-state index in [9.17, 15) is 5.11 Å². The minimum atomic E-state index is -3.61. The van der Waals surface area contributed by atoms with Gasteiger partial charge in [-0.15, -0.1) is 0 Å². The van der Waals surface area contributed by atoms with E-state index >= 15 is 0 Å². The third-order valence-corrected chi connectivity index (χ3v) is 12.2. The summed E-state index contributed by atoms with van der Waals surface area (Å²) in [4.78, 5) is 10.4. The average Bonchev–Trinajstić information content (AvgIpc) is 3.72. The molecule has 0 atom stereocenters. The summed E-state index contributed by atoms with van der Waals surface area (Å²) in [5.74, 6) is 0.0745. The van der Waals surface area contributed by atoms with Crippen molar-refractivity contribution in [2.75, 3.05) is 0 Å². The van der Waals surface area contributed by atoms with Crippen LogP contribution in [-0.2, 0) is 16.2 Å². The summed E-state index contributed by atoms with van der Waals surface area (Å²) >= 11 is 0. The van der Waals surface area contributed by atoms with Gasteiger partial charge in [0.25, 0.3) is 0 Å². The summed E-state index contributed by atoms with van der Waals surface area (Å²) in [5, 5.41) is 12.7. The highest BCUT2D eigenvalue weighted by molar-refractivity contribution is 5.98. The Bertz CT molecular complexity index is 3530. The standard InChI is InChI=1S/C61H59N3O/c1-39-19-17-24-42(31-39)44-29-30-62-53(36-44)47-33-45(41-22-15-12-16-23-41)32-46(34-47)49-25-18-26-55-56(49)63-58(50-37-48(59(2,3)4)38-52(57(50)65)61(8,9)10)64(55)54-28-27-43(35-51(54)60(5,6)7)40-20-13-11-14-21-40/h11-38,65H,1-10H3/i5D3,6D3,7D3. The first-order valence-corrected chi connectivity index (χ1v) is 22.0. The van der Waals surface area contributed by atoms with Crippen LogP contribution in [0.5, 0.6) is 5.75 Å². The molecular formula is C61H59N3O. The molecule has 324 valence electrons. The second-order valence-corrected chi connectivity index (χ2v) is 19.2. The van der Waals surface area contributed by atoms with Crippen molar-refractivity contribution in [2.24, 2.45) is 0 Å². The summed E-state index contributed by atoms with van der Waals surface area (Å²) in [6.07, 6.45) is 1.80. The van der Waals surface area contributed by atoms with Gasteiger partial charge in [-0.05, 0) is 128 Å². The smallest absolute Gasteiger partial charge is 0.149 e. The minimum absolute atomic E-state index is 0.0311. The van der Waals surface area contributed by atoms with Crippen molar-refractivity contribution in [1.29, 1.82) is 0 Å². The molecule has 0 unspecified atom stereocenters. The Kier molecular flexibility index (Phi) is 8.50. The van der Waals surface area contributed by atoms with Gasteiger partial charge < -0.3 is 5.11 Å². The molecule has 0 saturated carbocycles. The van der Waals surface area contributed by atoms with Gasteiger partial charge in [-0.2, -0.15) is 0 Å². The molecule has 0 aliphatic carbocycles. The van der Waals surface area contributed by atoms with Crippen LogP contribution in [0.4, 0.5) is 0 Å². The summed E-state index contributed by atoms with van der Waals surface area (Å²) < 4.78 is 83.0. The third kappa shape index (κ3) is 8.54. The topological polar surface area (TPSA) is 50.9 Å². The lowest BCUT2D eigenvalue weighted by molar-refractivity contribution is 0.446. The maximum absolute atomic E-state index is 12.7. The number of phenolic OH excluding ortho intramolecular Hbond substituents is 1. The number of hydrogen-bond acceptors (Lipinski definition) is 3. The van der Waals surface area contributed by atoms with Crippen molar-refractivity contribution in [2.45, 2.75) is 85.3 Å². The molecule has 65 heavy (non-hydrogen) atoms. The highest BCUT2D eigenvalue weighted by Crippen LogP contribution is 2.46. The normalized spacial score (nSPS) is 14.8. The molecule has 1 N–H and O–H groups in total. The highest BCUT2D eigenvalue weighted by atomic mass is 16.3. The second-order valence-electron chi connectivity index (χ2n) is 19.2. The number of para-hydroxylation sites is 1. The van der Waals surface area contributed by atoms with Gasteiger partial charge in [0, 0.05) is 35.2 Å². The molecule has 7 aromatic carbocycles. The van der Waals surface area contributed by atoms with Gasteiger partial charge in [0.2, 0.25) is 0 Å². The van der Waals surface area contributed by atoms with Crippen LogP contribution < -0.4 is 0 Å². The number of nitrogens with zero attached hydrogens (tertiary/aromatic N) is 3. The molecule has 4 heteroatoms. The fraction of sp³-hybridized carbons (Fsp3) is 0.213. The maximum atomic E-state index is 12.7. The lowest BCUT2D eigenvalue weighted by Gasteiger charge is -2.28. The van der Waals surface area contributed by atoms with Crippen LogP contribution in [0, 0.1) is 6.92 Å². The number of imidazole rings is 1. The fourth-order valence-corrected chi connectivity index (χ4v) is 8.73. The Morgan fingerprint density at radius 2 is 1.12 bits per heavy atom. The quantitative estimate of drug-likeness (QED) is 0.174. The van der Waals surface area contributed by atoms with E-state index in [0.29, 0.717) is 38.9 Å². The fourth-order valence-electron chi connectivity index (χ4n) is 8.73. The number of fused-ring (bicyclic) bond motifs is 1. The Morgan fingerprint density at radius 1 is 0.492 bits per heavy atom. The largest absolute Gasteiger partial charge is 0.507 e. The monoisotopic (exact) mass is 859 g/mol. The molecule has 9 aromatic rings. The zero-order valence-electron chi connectivity index (χ0n) is 47.0. The molecule has 0 bridgehead atoms. The summed E-state index contributed by atoms with van der Waals surface area (Å²) in [7, 11) is 0. The molecule has 0 fully saturated rings. The number of rotatable bonds is 7. The average molecular weight is 859 g/mol. The lowest BCUT2D eigenvalue weighted by atomic mass is 9.78. The number of benzene rings is 7. The number of hydrogen-bond donors (Lipinski definition) is 1. The Balaban J connectivity index is 1.44. The van der Waals surface area contributed by atoms with E-state index in [1.54, 1.807) is 53.2 Å². The first-order valence-electron chi connectivity index (χ1n) is 26.5. The Morgan fingerprint density at radius 3 is 1.80 bits per heavy atom. The van der Waals surface area contributed by atoms with Crippen molar-refractivity contribution in [1.82, 2.24) is 14.5 Å².